The van der Waals surface area contributed by atoms with Gasteiger partial charge in [0.1, 0.15) is 12.2 Å². The van der Waals surface area contributed by atoms with Crippen molar-refractivity contribution >= 4 is 35.0 Å². The smallest absolute Gasteiger partial charge is 0.255 e. The van der Waals surface area contributed by atoms with E-state index < -0.39 is 0 Å². The van der Waals surface area contributed by atoms with Crippen molar-refractivity contribution in [3.8, 4) is 11.4 Å². The number of hydrogen-bond donors (Lipinski definition) is 2. The minimum absolute atomic E-state index is 0.203. The normalized spacial score (nSPS) is 10.7. The molecule has 0 aliphatic heterocycles. The van der Waals surface area contributed by atoms with Gasteiger partial charge in [-0.15, -0.1) is 0 Å². The van der Waals surface area contributed by atoms with Gasteiger partial charge in [-0.3, -0.25) is 4.79 Å². The molecule has 0 aliphatic carbocycles. The molecular weight excluding hydrogens is 356 g/mol. The first-order valence-corrected chi connectivity index (χ1v) is 8.49. The molecule has 0 saturated carbocycles. The van der Waals surface area contributed by atoms with Crippen LogP contribution in [-0.2, 0) is 0 Å². The fourth-order valence-electron chi connectivity index (χ4n) is 2.89. The first kappa shape index (κ1) is 17.3. The Bertz CT molecular complexity index is 1180. The number of benzene rings is 3. The van der Waals surface area contributed by atoms with Crippen molar-refractivity contribution < 1.29 is 14.7 Å². The van der Waals surface area contributed by atoms with E-state index in [4.69, 9.17) is 0 Å². The Kier molecular flexibility index (Phi) is 4.25. The highest BCUT2D eigenvalue weighted by molar-refractivity contribution is 6.04. The van der Waals surface area contributed by atoms with E-state index in [-0.39, 0.29) is 5.91 Å². The van der Waals surface area contributed by atoms with Gasteiger partial charge in [-0.25, -0.2) is 4.98 Å². The van der Waals surface area contributed by atoms with Gasteiger partial charge >= 0.3 is 0 Å². The van der Waals surface area contributed by atoms with Crippen molar-refractivity contribution in [1.82, 2.24) is 9.71 Å². The number of imidazole rings is 1. The standard InChI is InChI=1S/C21H16N4O3/c1-24(27)17-11-12-18-19(13-17)25(28)20(23-18)14-7-9-16(10-8-14)22-21(26)15-5-3-2-4-6-15/h2-13,28H,1H2,(H,22,26). The molecule has 0 spiro atoms. The van der Waals surface area contributed by atoms with Gasteiger partial charge in [-0.1, -0.05) is 18.2 Å². The first-order chi connectivity index (χ1) is 13.5. The Balaban J connectivity index is 1.61. The lowest BCUT2D eigenvalue weighted by Crippen LogP contribution is -2.11. The number of anilines is 1. The van der Waals surface area contributed by atoms with E-state index in [0.717, 1.165) is 4.73 Å². The monoisotopic (exact) mass is 372 g/mol. The van der Waals surface area contributed by atoms with Gasteiger partial charge in [0.05, 0.1) is 5.52 Å². The van der Waals surface area contributed by atoms with Crippen LogP contribution in [0.25, 0.3) is 22.4 Å². The van der Waals surface area contributed by atoms with Crippen LogP contribution in [0.1, 0.15) is 10.4 Å². The number of fused-ring (bicyclic) bond motifs is 1. The summed E-state index contributed by atoms with van der Waals surface area (Å²) in [6, 6.07) is 20.6. The molecule has 3 aromatic carbocycles. The van der Waals surface area contributed by atoms with E-state index in [9.17, 15) is 15.2 Å². The fourth-order valence-corrected chi connectivity index (χ4v) is 2.89. The summed E-state index contributed by atoms with van der Waals surface area (Å²) in [5.74, 6) is 0.125. The van der Waals surface area contributed by atoms with Crippen LogP contribution >= 0.6 is 0 Å². The predicted octanol–water partition coefficient (Wildman–Crippen LogP) is 4.04. The summed E-state index contributed by atoms with van der Waals surface area (Å²) in [4.78, 5) is 16.6. The molecule has 1 heterocycles. The van der Waals surface area contributed by atoms with Crippen LogP contribution in [-0.4, -0.2) is 32.3 Å². The molecule has 0 bridgehead atoms. The lowest BCUT2D eigenvalue weighted by molar-refractivity contribution is -0.349. The first-order valence-electron chi connectivity index (χ1n) is 8.49. The second-order valence-electron chi connectivity index (χ2n) is 6.20. The Morgan fingerprint density at radius 2 is 1.79 bits per heavy atom. The maximum Gasteiger partial charge on any atom is 0.255 e. The van der Waals surface area contributed by atoms with Gasteiger partial charge in [-0.2, -0.15) is 9.47 Å². The fraction of sp³-hybridized carbons (Fsp3) is 0. The lowest BCUT2D eigenvalue weighted by atomic mass is 10.1. The molecule has 0 aliphatic rings. The van der Waals surface area contributed by atoms with Gasteiger partial charge in [-0.05, 0) is 42.5 Å². The van der Waals surface area contributed by atoms with Crippen molar-refractivity contribution in [2.45, 2.75) is 0 Å². The topological polar surface area (TPSA) is 93.2 Å². The second kappa shape index (κ2) is 6.88. The molecule has 7 heteroatoms. The highest BCUT2D eigenvalue weighted by Gasteiger charge is 2.14. The van der Waals surface area contributed by atoms with E-state index >= 15 is 0 Å². The number of hydrogen-bond acceptors (Lipinski definition) is 4. The van der Waals surface area contributed by atoms with Crippen molar-refractivity contribution in [3.63, 3.8) is 0 Å². The van der Waals surface area contributed by atoms with Crippen molar-refractivity contribution in [3.05, 3.63) is 83.6 Å². The molecule has 1 amide bonds. The molecule has 28 heavy (non-hydrogen) atoms. The third-order valence-corrected chi connectivity index (χ3v) is 4.34. The number of aromatic nitrogens is 2. The van der Waals surface area contributed by atoms with Crippen LogP contribution in [0.4, 0.5) is 11.4 Å². The second-order valence-corrected chi connectivity index (χ2v) is 6.20. The summed E-state index contributed by atoms with van der Waals surface area (Å²) >= 11 is 0. The summed E-state index contributed by atoms with van der Waals surface area (Å²) in [5, 5.41) is 24.6. The molecule has 138 valence electrons. The van der Waals surface area contributed by atoms with E-state index in [1.165, 1.54) is 6.07 Å². The molecular formula is C21H16N4O3. The van der Waals surface area contributed by atoms with Gasteiger partial charge in [0.25, 0.3) is 5.91 Å². The van der Waals surface area contributed by atoms with E-state index in [1.54, 1.807) is 60.7 Å². The van der Waals surface area contributed by atoms with Crippen LogP contribution in [0.3, 0.4) is 0 Å². The summed E-state index contributed by atoms with van der Waals surface area (Å²) in [6.07, 6.45) is 0. The maximum absolute atomic E-state index is 12.2. The number of rotatable bonds is 4. The lowest BCUT2D eigenvalue weighted by Gasteiger charge is -2.06. The summed E-state index contributed by atoms with van der Waals surface area (Å²) in [6.45, 7) is 3.30. The average Bonchev–Trinajstić information content (AvgIpc) is 3.05. The van der Waals surface area contributed by atoms with Gasteiger partial charge in [0.15, 0.2) is 5.82 Å². The SMILES string of the molecule is C=[N+]([O-])c1ccc2nc(-c3ccc(NC(=O)c4ccccc4)cc3)n(O)c2c1. The van der Waals surface area contributed by atoms with E-state index in [1.807, 2.05) is 6.07 Å². The zero-order valence-corrected chi connectivity index (χ0v) is 14.7. The van der Waals surface area contributed by atoms with Gasteiger partial charge < -0.3 is 15.7 Å². The maximum atomic E-state index is 12.2. The zero-order chi connectivity index (χ0) is 19.7. The zero-order valence-electron chi connectivity index (χ0n) is 14.7. The minimum Gasteiger partial charge on any atom is -0.619 e. The molecule has 0 atom stereocenters. The molecule has 2 N–H and O–H groups in total. The van der Waals surface area contributed by atoms with Crippen LogP contribution in [0.2, 0.25) is 0 Å². The quantitative estimate of drug-likeness (QED) is 0.186. The van der Waals surface area contributed by atoms with Crippen molar-refractivity contribution in [2.75, 3.05) is 5.32 Å². The number of carbonyl (C=O) groups excluding carboxylic acids is 1. The van der Waals surface area contributed by atoms with Gasteiger partial charge in [0.2, 0.25) is 5.69 Å². The number of carbonyl (C=O) groups is 1. The molecule has 0 unspecified atom stereocenters. The third kappa shape index (κ3) is 3.16. The summed E-state index contributed by atoms with van der Waals surface area (Å²) in [7, 11) is 0. The third-order valence-electron chi connectivity index (χ3n) is 4.34. The Morgan fingerprint density at radius 1 is 1.07 bits per heavy atom. The summed E-state index contributed by atoms with van der Waals surface area (Å²) < 4.78 is 1.40. The Labute approximate surface area is 160 Å². The Hall–Kier alpha value is -4.13. The molecule has 4 aromatic rings. The Morgan fingerprint density at radius 3 is 2.46 bits per heavy atom. The minimum atomic E-state index is -0.203. The molecule has 4 rings (SSSR count). The number of nitrogens with one attached hydrogen (secondary N) is 1. The van der Waals surface area contributed by atoms with Crippen molar-refractivity contribution in [1.29, 1.82) is 0 Å². The van der Waals surface area contributed by atoms with Crippen LogP contribution in [0, 0.1) is 5.21 Å². The molecule has 0 fully saturated rings. The number of amides is 1. The van der Waals surface area contributed by atoms with E-state index in [0.29, 0.717) is 44.1 Å². The average molecular weight is 372 g/mol. The van der Waals surface area contributed by atoms with Crippen LogP contribution in [0.15, 0.2) is 72.8 Å². The van der Waals surface area contributed by atoms with Crippen LogP contribution < -0.4 is 5.32 Å². The van der Waals surface area contributed by atoms with E-state index in [2.05, 4.69) is 17.0 Å². The molecule has 7 nitrogen and oxygen atoms in total. The number of nitrogens with zero attached hydrogens (tertiary/aromatic N) is 3. The predicted molar refractivity (Wildman–Crippen MR) is 107 cm³/mol. The summed E-state index contributed by atoms with van der Waals surface area (Å²) in [5.41, 5.74) is 3.11. The van der Waals surface area contributed by atoms with Crippen LogP contribution in [0.5, 0.6) is 0 Å². The van der Waals surface area contributed by atoms with Crippen molar-refractivity contribution in [2.24, 2.45) is 0 Å². The largest absolute Gasteiger partial charge is 0.619 e. The highest BCUT2D eigenvalue weighted by atomic mass is 16.5. The molecule has 1 aromatic heterocycles. The molecule has 0 radical (unpaired) electrons. The van der Waals surface area contributed by atoms with Gasteiger partial charge in [0, 0.05) is 28.9 Å². The highest BCUT2D eigenvalue weighted by Crippen LogP contribution is 2.27. The molecule has 0 saturated heterocycles.